The Labute approximate surface area is 86.5 Å². The molecule has 0 unspecified atom stereocenters. The zero-order chi connectivity index (χ0) is 5.58. The summed E-state index contributed by atoms with van der Waals surface area (Å²) in [6.45, 7) is 3.44. The van der Waals surface area contributed by atoms with Crippen LogP contribution in [0, 0.1) is 0 Å². The van der Waals surface area contributed by atoms with Crippen LogP contribution in [0.15, 0.2) is 0 Å². The van der Waals surface area contributed by atoms with E-state index in [1.165, 1.54) is 16.2 Å². The molecule has 0 aliphatic heterocycles. The SMILES string of the molecule is C.CC(C)O.O.O.O.[Al].[O]=[Al]. The number of hydrogen-bond acceptors (Lipinski definition) is 2. The summed E-state index contributed by atoms with van der Waals surface area (Å²) in [4.78, 5) is 0. The molecule has 0 atom stereocenters. The summed E-state index contributed by atoms with van der Waals surface area (Å²) in [5.74, 6) is 0. The summed E-state index contributed by atoms with van der Waals surface area (Å²) >= 11 is 1.17. The summed E-state index contributed by atoms with van der Waals surface area (Å²) in [5, 5.41) is 8.06. The van der Waals surface area contributed by atoms with Crippen molar-refractivity contribution in [1.29, 1.82) is 0 Å². The Bertz CT molecular complexity index is 27.7. The molecule has 0 saturated heterocycles. The molecule has 0 saturated carbocycles. The third-order valence-electron chi connectivity index (χ3n) is 0. The van der Waals surface area contributed by atoms with Gasteiger partial charge in [0.15, 0.2) is 0 Å². The van der Waals surface area contributed by atoms with E-state index in [1.54, 1.807) is 13.8 Å². The van der Waals surface area contributed by atoms with Crippen molar-refractivity contribution in [1.82, 2.24) is 0 Å². The van der Waals surface area contributed by atoms with Gasteiger partial charge in [-0.05, 0) is 13.8 Å². The van der Waals surface area contributed by atoms with Crippen molar-refractivity contribution in [2.75, 3.05) is 0 Å². The number of hydrogen-bond donors (Lipinski definition) is 1. The zero-order valence-corrected chi connectivity index (χ0v) is 8.40. The van der Waals surface area contributed by atoms with Gasteiger partial charge in [-0.2, -0.15) is 0 Å². The molecule has 5 nitrogen and oxygen atoms in total. The topological polar surface area (TPSA) is 132 Å². The van der Waals surface area contributed by atoms with Gasteiger partial charge in [0.05, 0.1) is 0 Å². The molecule has 7 N–H and O–H groups in total. The molecule has 4 radical (unpaired) electrons. The first-order valence-electron chi connectivity index (χ1n) is 1.65. The molecule has 0 amide bonds. The molecule has 0 aromatic rings. The molecule has 0 heterocycles. The molecule has 11 heavy (non-hydrogen) atoms. The summed E-state index contributed by atoms with van der Waals surface area (Å²) in [5.41, 5.74) is 0. The van der Waals surface area contributed by atoms with Crippen LogP contribution in [0.2, 0.25) is 0 Å². The Balaban J connectivity index is -0.00000000432. The van der Waals surface area contributed by atoms with Gasteiger partial charge in [-0.1, -0.05) is 7.43 Å². The zero-order valence-electron chi connectivity index (χ0n) is 6.09. The van der Waals surface area contributed by atoms with Crippen LogP contribution in [0.5, 0.6) is 0 Å². The van der Waals surface area contributed by atoms with Crippen molar-refractivity contribution in [2.45, 2.75) is 27.4 Å². The number of rotatable bonds is 0. The van der Waals surface area contributed by atoms with Gasteiger partial charge < -0.3 is 21.5 Å². The van der Waals surface area contributed by atoms with E-state index in [9.17, 15) is 0 Å². The summed E-state index contributed by atoms with van der Waals surface area (Å²) < 4.78 is 8.17. The van der Waals surface area contributed by atoms with E-state index in [0.717, 1.165) is 0 Å². The van der Waals surface area contributed by atoms with E-state index in [-0.39, 0.29) is 47.3 Å². The maximum absolute atomic E-state index is 8.17. The van der Waals surface area contributed by atoms with E-state index < -0.39 is 0 Å². The Morgan fingerprint density at radius 3 is 1.09 bits per heavy atom. The molecule has 0 bridgehead atoms. The molecular weight excluding hydrogens is 182 g/mol. The third-order valence-corrected chi connectivity index (χ3v) is 0. The van der Waals surface area contributed by atoms with Crippen molar-refractivity contribution in [2.24, 2.45) is 0 Å². The third kappa shape index (κ3) is 1630. The quantitative estimate of drug-likeness (QED) is 0.439. The molecule has 0 fully saturated rings. The van der Waals surface area contributed by atoms with E-state index >= 15 is 0 Å². The van der Waals surface area contributed by atoms with Crippen LogP contribution < -0.4 is 0 Å². The van der Waals surface area contributed by atoms with Gasteiger partial charge in [-0.15, -0.1) is 0 Å². The standard InChI is InChI=1S/C3H8O.CH4.2Al.3H2O.O/c1-3(2)4;;;;;;;/h3-4H,1-2H3;1H4;;;3*1H2;. The Kier molecular flexibility index (Phi) is 405. The fraction of sp³-hybridized carbons (Fsp3) is 1.00. The van der Waals surface area contributed by atoms with Crippen molar-refractivity contribution < 1.29 is 25.3 Å². The van der Waals surface area contributed by atoms with Gasteiger partial charge in [0.25, 0.3) is 0 Å². The molecule has 0 aromatic heterocycles. The average molecular weight is 200 g/mol. The first-order valence-corrected chi connectivity index (χ1v) is 2.12. The first kappa shape index (κ1) is 60.6. The number of aliphatic hydroxyl groups excluding tert-OH is 1. The Morgan fingerprint density at radius 2 is 1.09 bits per heavy atom. The Hall–Kier alpha value is 0.705. The maximum atomic E-state index is 8.17. The van der Waals surface area contributed by atoms with E-state index in [2.05, 4.69) is 0 Å². The first-order chi connectivity index (χ1) is 2.73. The van der Waals surface area contributed by atoms with Crippen LogP contribution in [0.4, 0.5) is 0 Å². The predicted octanol–water partition coefficient (Wildman–Crippen LogP) is -2.33. The van der Waals surface area contributed by atoms with Gasteiger partial charge in [-0.25, -0.2) is 0 Å². The molecule has 7 heteroatoms. The van der Waals surface area contributed by atoms with Crippen molar-refractivity contribution in [3.63, 3.8) is 0 Å². The van der Waals surface area contributed by atoms with E-state index in [4.69, 9.17) is 8.91 Å². The monoisotopic (exact) mass is 200 g/mol. The normalized spacial score (nSPS) is 3.55. The van der Waals surface area contributed by atoms with Gasteiger partial charge in [0, 0.05) is 23.5 Å². The second kappa shape index (κ2) is 73.5. The van der Waals surface area contributed by atoms with Crippen molar-refractivity contribution in [3.8, 4) is 0 Å². The van der Waals surface area contributed by atoms with Crippen molar-refractivity contribution in [3.05, 3.63) is 0 Å². The molecule has 70 valence electrons. The second-order valence-corrected chi connectivity index (χ2v) is 1.09. The summed E-state index contributed by atoms with van der Waals surface area (Å²) in [6, 6.07) is 0. The minimum atomic E-state index is -0.167. The Morgan fingerprint density at radius 1 is 1.09 bits per heavy atom. The van der Waals surface area contributed by atoms with Gasteiger partial charge in [0.2, 0.25) is 0 Å². The molecule has 0 aliphatic carbocycles. The van der Waals surface area contributed by atoms with Gasteiger partial charge >= 0.3 is 20.0 Å². The fourth-order valence-electron chi connectivity index (χ4n) is 0. The van der Waals surface area contributed by atoms with E-state index in [0.29, 0.717) is 0 Å². The van der Waals surface area contributed by atoms with Crippen LogP contribution >= 0.6 is 0 Å². The summed E-state index contributed by atoms with van der Waals surface area (Å²) in [7, 11) is 0. The van der Waals surface area contributed by atoms with Crippen LogP contribution in [-0.2, 0) is 3.80 Å². The molecule has 0 aromatic carbocycles. The molecule has 0 rings (SSSR count). The second-order valence-electron chi connectivity index (χ2n) is 1.09. The minimum absolute atomic E-state index is 0. The molecular formula is C4H18Al2O5. The molecule has 0 aliphatic rings. The average Bonchev–Trinajstić information content (AvgIpc) is 1.41. The van der Waals surface area contributed by atoms with Crippen LogP contribution in [0.25, 0.3) is 0 Å². The number of aliphatic hydroxyl groups is 1. The van der Waals surface area contributed by atoms with Crippen LogP contribution in [-0.4, -0.2) is 61.2 Å². The van der Waals surface area contributed by atoms with Crippen LogP contribution in [0.3, 0.4) is 0 Å². The van der Waals surface area contributed by atoms with Crippen molar-refractivity contribution >= 4 is 33.6 Å². The van der Waals surface area contributed by atoms with Gasteiger partial charge in [-0.3, -0.25) is 0 Å². The fourth-order valence-corrected chi connectivity index (χ4v) is 0. The van der Waals surface area contributed by atoms with E-state index in [1.807, 2.05) is 0 Å². The predicted molar refractivity (Wildman–Crippen MR) is 47.1 cm³/mol. The van der Waals surface area contributed by atoms with Crippen LogP contribution in [0.1, 0.15) is 21.3 Å². The van der Waals surface area contributed by atoms with Gasteiger partial charge in [0.1, 0.15) is 0 Å². The molecule has 0 spiro atoms. The summed E-state index contributed by atoms with van der Waals surface area (Å²) in [6.07, 6.45) is -0.167.